The first-order valence-corrected chi connectivity index (χ1v) is 15.5. The van der Waals surface area contributed by atoms with Crippen molar-refractivity contribution >= 4 is 46.0 Å². The van der Waals surface area contributed by atoms with Crippen molar-refractivity contribution in [1.29, 1.82) is 0 Å². The number of thioether (sulfide) groups is 1. The quantitative estimate of drug-likeness (QED) is 0.218. The standard InChI is InChI=1S/C33H40N2O5S/c1-5-8-18-40-32(39)27-26-15-16-33(41-26)28(27)30(37)35(25(20-36)21(4)7-3)29(33)31(38)34(17-6-2)24-14-13-22-11-9-10-12-23(22)19-24/h5-6,9-14,19,21,25-29,36H,1-2,7-8,15-18,20H2,3-4H3/t21-,25-,26+,27-,28-,29?,33?/m0/s1. The Balaban J connectivity index is 1.59. The van der Waals surface area contributed by atoms with Gasteiger partial charge in [0.15, 0.2) is 0 Å². The topological polar surface area (TPSA) is 87.1 Å². The Morgan fingerprint density at radius 3 is 2.66 bits per heavy atom. The van der Waals surface area contributed by atoms with Gasteiger partial charge in [0.05, 0.1) is 35.8 Å². The first kappa shape index (κ1) is 29.4. The molecule has 2 aromatic carbocycles. The highest BCUT2D eigenvalue weighted by atomic mass is 32.2. The Morgan fingerprint density at radius 2 is 1.98 bits per heavy atom. The summed E-state index contributed by atoms with van der Waals surface area (Å²) in [5, 5.41) is 12.6. The maximum atomic E-state index is 14.8. The minimum Gasteiger partial charge on any atom is -0.465 e. The minimum atomic E-state index is -0.821. The summed E-state index contributed by atoms with van der Waals surface area (Å²) < 4.78 is 4.84. The SMILES string of the molecule is C=CCCOC(=O)[C@@H]1[C@H]2C(=O)N([C@@H](CO)[C@@H](C)CC)C(C(=O)N(CC=C)c3ccc4ccccc4c3)C23CC[C@H]1S3. The highest BCUT2D eigenvalue weighted by molar-refractivity contribution is 8.02. The highest BCUT2D eigenvalue weighted by Gasteiger charge is 2.75. The monoisotopic (exact) mass is 576 g/mol. The van der Waals surface area contributed by atoms with Crippen LogP contribution in [0.4, 0.5) is 5.69 Å². The zero-order chi connectivity index (χ0) is 29.3. The molecule has 5 rings (SSSR count). The smallest absolute Gasteiger partial charge is 0.310 e. The summed E-state index contributed by atoms with van der Waals surface area (Å²) in [6.45, 7) is 11.9. The average Bonchev–Trinajstić information content (AvgIpc) is 3.63. The number of anilines is 1. The van der Waals surface area contributed by atoms with Gasteiger partial charge in [0, 0.05) is 17.5 Å². The Kier molecular flexibility index (Phi) is 8.62. The molecule has 3 aliphatic heterocycles. The lowest BCUT2D eigenvalue weighted by atomic mass is 9.71. The van der Waals surface area contributed by atoms with E-state index in [2.05, 4.69) is 13.2 Å². The first-order chi connectivity index (χ1) is 19.8. The number of fused-ring (bicyclic) bond motifs is 2. The molecule has 7 atom stereocenters. The molecule has 3 heterocycles. The van der Waals surface area contributed by atoms with E-state index < -0.39 is 28.7 Å². The number of hydrogen-bond acceptors (Lipinski definition) is 6. The number of carbonyl (C=O) groups excluding carboxylic acids is 3. The lowest BCUT2D eigenvalue weighted by Gasteiger charge is -2.41. The summed E-state index contributed by atoms with van der Waals surface area (Å²) in [5.74, 6) is -2.12. The molecule has 218 valence electrons. The fourth-order valence-corrected chi connectivity index (χ4v) is 9.28. The summed E-state index contributed by atoms with van der Waals surface area (Å²) in [7, 11) is 0. The molecule has 3 aliphatic rings. The van der Waals surface area contributed by atoms with Crippen LogP contribution in [0.3, 0.4) is 0 Å². The van der Waals surface area contributed by atoms with E-state index in [0.29, 0.717) is 12.8 Å². The minimum absolute atomic E-state index is 0.0387. The van der Waals surface area contributed by atoms with Gasteiger partial charge in [-0.3, -0.25) is 14.4 Å². The maximum absolute atomic E-state index is 14.8. The van der Waals surface area contributed by atoms with Crippen LogP contribution in [0.15, 0.2) is 67.8 Å². The fourth-order valence-electron chi connectivity index (χ4n) is 7.09. The maximum Gasteiger partial charge on any atom is 0.310 e. The van der Waals surface area contributed by atoms with Gasteiger partial charge in [-0.15, -0.1) is 24.9 Å². The first-order valence-electron chi connectivity index (χ1n) is 14.6. The molecule has 3 fully saturated rings. The summed E-state index contributed by atoms with van der Waals surface area (Å²) in [6.07, 6.45) is 6.05. The van der Waals surface area contributed by atoms with Crippen LogP contribution in [0.25, 0.3) is 10.8 Å². The molecule has 0 aromatic heterocycles. The van der Waals surface area contributed by atoms with Crippen molar-refractivity contribution in [3.8, 4) is 0 Å². The second-order valence-corrected chi connectivity index (χ2v) is 13.1. The number of amides is 2. The van der Waals surface area contributed by atoms with Crippen LogP contribution in [0, 0.1) is 17.8 Å². The second-order valence-electron chi connectivity index (χ2n) is 11.5. The van der Waals surface area contributed by atoms with Crippen molar-refractivity contribution in [2.75, 3.05) is 24.7 Å². The molecule has 0 aliphatic carbocycles. The number of aliphatic hydroxyl groups excluding tert-OH is 1. The van der Waals surface area contributed by atoms with Crippen LogP contribution in [0.1, 0.15) is 39.5 Å². The number of rotatable bonds is 12. The van der Waals surface area contributed by atoms with Crippen LogP contribution in [0.2, 0.25) is 0 Å². The summed E-state index contributed by atoms with van der Waals surface area (Å²) >= 11 is 1.61. The lowest BCUT2D eigenvalue weighted by molar-refractivity contribution is -0.154. The normalized spacial score (nSPS) is 27.9. The lowest BCUT2D eigenvalue weighted by Crippen LogP contribution is -2.58. The highest BCUT2D eigenvalue weighted by Crippen LogP contribution is 2.67. The van der Waals surface area contributed by atoms with Gasteiger partial charge in [-0.25, -0.2) is 0 Å². The van der Waals surface area contributed by atoms with Crippen molar-refractivity contribution in [3.63, 3.8) is 0 Å². The Hall–Kier alpha value is -3.10. The number of aliphatic hydroxyl groups is 1. The number of ether oxygens (including phenoxy) is 1. The van der Waals surface area contributed by atoms with E-state index in [1.165, 1.54) is 0 Å². The average molecular weight is 577 g/mol. The van der Waals surface area contributed by atoms with Crippen LogP contribution in [0.5, 0.6) is 0 Å². The van der Waals surface area contributed by atoms with Crippen LogP contribution >= 0.6 is 11.8 Å². The molecule has 2 aromatic rings. The number of esters is 1. The van der Waals surface area contributed by atoms with Crippen molar-refractivity contribution in [2.45, 2.75) is 61.6 Å². The van der Waals surface area contributed by atoms with Crippen molar-refractivity contribution in [1.82, 2.24) is 4.90 Å². The van der Waals surface area contributed by atoms with Crippen LogP contribution in [-0.4, -0.2) is 69.6 Å². The molecule has 41 heavy (non-hydrogen) atoms. The number of hydrogen-bond donors (Lipinski definition) is 1. The van der Waals surface area contributed by atoms with Gasteiger partial charge in [-0.05, 0) is 48.1 Å². The van der Waals surface area contributed by atoms with E-state index in [-0.39, 0.29) is 48.7 Å². The molecule has 1 N–H and O–H groups in total. The van der Waals surface area contributed by atoms with Crippen molar-refractivity contribution in [2.24, 2.45) is 17.8 Å². The summed E-state index contributed by atoms with van der Waals surface area (Å²) in [6, 6.07) is 12.5. The number of likely N-dealkylation sites (tertiary alicyclic amines) is 1. The third-order valence-corrected chi connectivity index (χ3v) is 11.2. The molecular formula is C33H40N2O5S. The molecule has 0 radical (unpaired) electrons. The summed E-state index contributed by atoms with van der Waals surface area (Å²) in [4.78, 5) is 46.0. The zero-order valence-corrected chi connectivity index (χ0v) is 24.7. The molecule has 3 saturated heterocycles. The Bertz CT molecular complexity index is 1350. The molecular weight excluding hydrogens is 536 g/mol. The van der Waals surface area contributed by atoms with Gasteiger partial charge in [-0.1, -0.05) is 62.8 Å². The van der Waals surface area contributed by atoms with Gasteiger partial charge >= 0.3 is 5.97 Å². The zero-order valence-electron chi connectivity index (χ0n) is 23.9. The van der Waals surface area contributed by atoms with E-state index in [4.69, 9.17) is 4.74 Å². The molecule has 7 nitrogen and oxygen atoms in total. The van der Waals surface area contributed by atoms with Gasteiger partial charge in [0.25, 0.3) is 5.91 Å². The van der Waals surface area contributed by atoms with Gasteiger partial charge < -0.3 is 19.6 Å². The van der Waals surface area contributed by atoms with E-state index >= 15 is 0 Å². The Labute approximate surface area is 246 Å². The van der Waals surface area contributed by atoms with Gasteiger partial charge in [0.2, 0.25) is 5.91 Å². The van der Waals surface area contributed by atoms with Crippen LogP contribution < -0.4 is 4.90 Å². The van der Waals surface area contributed by atoms with Gasteiger partial charge in [0.1, 0.15) is 6.04 Å². The van der Waals surface area contributed by atoms with Crippen LogP contribution in [-0.2, 0) is 19.1 Å². The van der Waals surface area contributed by atoms with Crippen molar-refractivity contribution < 1.29 is 24.2 Å². The molecule has 2 amide bonds. The number of carbonyl (C=O) groups is 3. The van der Waals surface area contributed by atoms with E-state index in [1.54, 1.807) is 33.7 Å². The van der Waals surface area contributed by atoms with E-state index in [9.17, 15) is 19.5 Å². The third kappa shape index (κ3) is 4.89. The van der Waals surface area contributed by atoms with Gasteiger partial charge in [-0.2, -0.15) is 0 Å². The largest absolute Gasteiger partial charge is 0.465 e. The second kappa shape index (κ2) is 12.0. The molecule has 0 saturated carbocycles. The predicted molar refractivity (Wildman–Crippen MR) is 164 cm³/mol. The molecule has 8 heteroatoms. The fraction of sp³-hybridized carbons (Fsp3) is 0.485. The molecule has 1 spiro atoms. The third-order valence-electron chi connectivity index (χ3n) is 9.28. The number of benzene rings is 2. The van der Waals surface area contributed by atoms with E-state index in [0.717, 1.165) is 29.3 Å². The predicted octanol–water partition coefficient (Wildman–Crippen LogP) is 4.98. The molecule has 2 bridgehead atoms. The van der Waals surface area contributed by atoms with Crippen molar-refractivity contribution in [3.05, 3.63) is 67.8 Å². The Morgan fingerprint density at radius 1 is 1.22 bits per heavy atom. The number of nitrogens with zero attached hydrogens (tertiary/aromatic N) is 2. The molecule has 2 unspecified atom stereocenters. The summed E-state index contributed by atoms with van der Waals surface area (Å²) in [5.41, 5.74) is 0.725. The van der Waals surface area contributed by atoms with E-state index in [1.807, 2.05) is 56.3 Å².